The van der Waals surface area contributed by atoms with Gasteiger partial charge in [-0.1, -0.05) is 25.6 Å². The Kier molecular flexibility index (Phi) is 4.44. The molecule has 5 nitrogen and oxygen atoms in total. The summed E-state index contributed by atoms with van der Waals surface area (Å²) in [5, 5.41) is 6.31. The molecular formula is C16H22F2N4OSi. The lowest BCUT2D eigenvalue weighted by molar-refractivity contribution is 0.0924. The van der Waals surface area contributed by atoms with Crippen molar-refractivity contribution in [1.29, 1.82) is 0 Å². The van der Waals surface area contributed by atoms with Crippen molar-refractivity contribution >= 4 is 25.0 Å². The number of amides is 1. The van der Waals surface area contributed by atoms with E-state index in [1.807, 2.05) is 0 Å². The molecule has 3 N–H and O–H groups in total. The topological polar surface area (TPSA) is 69.8 Å². The molecule has 1 fully saturated rings. The standard InChI is InChI=1S/C16H22F2N4OSi/c1-9-13(17)14(18)10-7-11(21-15(10)20-9)16(23)22-12-5-4-6-24(2,3)8-19-12/h7,12,19H,4-6,8H2,1-3H3,(H,20,21)(H,22,23)/t12-/m1/s1. The summed E-state index contributed by atoms with van der Waals surface area (Å²) in [4.78, 5) is 19.2. The summed E-state index contributed by atoms with van der Waals surface area (Å²) in [6.07, 6.45) is 2.78. The highest BCUT2D eigenvalue weighted by molar-refractivity contribution is 6.77. The first-order chi connectivity index (χ1) is 11.3. The van der Waals surface area contributed by atoms with Gasteiger partial charge in [-0.3, -0.25) is 4.79 Å². The SMILES string of the molecule is Cc1nc2[nH]c(C(=O)N[C@@H]3CCC[Si](C)(C)CN3)cc2c(F)c1F. The van der Waals surface area contributed by atoms with E-state index in [2.05, 4.69) is 33.7 Å². The summed E-state index contributed by atoms with van der Waals surface area (Å²) < 4.78 is 27.6. The van der Waals surface area contributed by atoms with Crippen molar-refractivity contribution < 1.29 is 13.6 Å². The van der Waals surface area contributed by atoms with Crippen LogP contribution < -0.4 is 10.6 Å². The summed E-state index contributed by atoms with van der Waals surface area (Å²) in [5.41, 5.74) is 0.328. The first-order valence-corrected chi connectivity index (χ1v) is 11.6. The molecule has 1 aliphatic rings. The molecule has 3 heterocycles. The third-order valence-electron chi connectivity index (χ3n) is 4.55. The van der Waals surface area contributed by atoms with Crippen molar-refractivity contribution in [2.24, 2.45) is 0 Å². The number of pyridine rings is 1. The Bertz CT molecular complexity index is 790. The highest BCUT2D eigenvalue weighted by Gasteiger charge is 2.27. The van der Waals surface area contributed by atoms with Crippen LogP contribution in [0, 0.1) is 18.6 Å². The minimum absolute atomic E-state index is 0.00869. The zero-order valence-corrected chi connectivity index (χ0v) is 15.1. The van der Waals surface area contributed by atoms with E-state index in [9.17, 15) is 13.6 Å². The van der Waals surface area contributed by atoms with E-state index in [0.29, 0.717) is 0 Å². The first-order valence-electron chi connectivity index (χ1n) is 8.15. The Morgan fingerprint density at radius 2 is 2.12 bits per heavy atom. The van der Waals surface area contributed by atoms with Gasteiger partial charge >= 0.3 is 0 Å². The normalized spacial score (nSPS) is 20.8. The number of hydrogen-bond acceptors (Lipinski definition) is 3. The van der Waals surface area contributed by atoms with Crippen molar-refractivity contribution in [3.05, 3.63) is 29.1 Å². The Morgan fingerprint density at radius 1 is 1.38 bits per heavy atom. The van der Waals surface area contributed by atoms with E-state index < -0.39 is 19.7 Å². The Labute approximate surface area is 140 Å². The van der Waals surface area contributed by atoms with E-state index >= 15 is 0 Å². The van der Waals surface area contributed by atoms with E-state index in [1.54, 1.807) is 0 Å². The molecule has 3 rings (SSSR count). The number of nitrogens with zero attached hydrogens (tertiary/aromatic N) is 1. The molecule has 1 atom stereocenters. The summed E-state index contributed by atoms with van der Waals surface area (Å²) in [5.74, 6) is -2.30. The van der Waals surface area contributed by atoms with Gasteiger partial charge in [0.2, 0.25) is 0 Å². The number of aryl methyl sites for hydroxylation is 1. The van der Waals surface area contributed by atoms with Crippen LogP contribution in [0.2, 0.25) is 19.1 Å². The lowest BCUT2D eigenvalue weighted by Crippen LogP contribution is -2.49. The maximum Gasteiger partial charge on any atom is 0.268 e. The third kappa shape index (κ3) is 3.34. The van der Waals surface area contributed by atoms with Gasteiger partial charge in [-0.2, -0.15) is 0 Å². The molecule has 2 aromatic rings. The maximum atomic E-state index is 14.0. The van der Waals surface area contributed by atoms with Crippen LogP contribution in [-0.2, 0) is 0 Å². The molecule has 130 valence electrons. The first kappa shape index (κ1) is 17.0. The van der Waals surface area contributed by atoms with Crippen molar-refractivity contribution in [2.75, 3.05) is 6.17 Å². The van der Waals surface area contributed by atoms with Crippen molar-refractivity contribution in [3.8, 4) is 0 Å². The lowest BCUT2D eigenvalue weighted by Gasteiger charge is -2.21. The average Bonchev–Trinajstić information content (AvgIpc) is 2.86. The number of fused-ring (bicyclic) bond motifs is 1. The molecule has 0 spiro atoms. The van der Waals surface area contributed by atoms with Crippen LogP contribution in [0.15, 0.2) is 6.07 Å². The number of nitrogens with one attached hydrogen (secondary N) is 3. The number of hydrogen-bond donors (Lipinski definition) is 3. The smallest absolute Gasteiger partial charge is 0.268 e. The molecule has 0 aromatic carbocycles. The third-order valence-corrected chi connectivity index (χ3v) is 7.41. The Hall–Kier alpha value is -1.80. The number of aromatic amines is 1. The van der Waals surface area contributed by atoms with Crippen molar-refractivity contribution in [2.45, 2.75) is 45.1 Å². The fraction of sp³-hybridized carbons (Fsp3) is 0.500. The van der Waals surface area contributed by atoms with Gasteiger partial charge in [-0.25, -0.2) is 13.8 Å². The molecule has 0 bridgehead atoms. The highest BCUT2D eigenvalue weighted by Crippen LogP contribution is 2.22. The molecule has 0 unspecified atom stereocenters. The molecular weight excluding hydrogens is 330 g/mol. The van der Waals surface area contributed by atoms with Gasteiger partial charge in [-0.05, 0) is 25.6 Å². The maximum absolute atomic E-state index is 14.0. The van der Waals surface area contributed by atoms with E-state index in [4.69, 9.17) is 0 Å². The Balaban J connectivity index is 1.78. The number of rotatable bonds is 2. The molecule has 0 aliphatic carbocycles. The van der Waals surface area contributed by atoms with Gasteiger partial charge in [0, 0.05) is 0 Å². The van der Waals surface area contributed by atoms with E-state index in [-0.39, 0.29) is 34.5 Å². The van der Waals surface area contributed by atoms with Gasteiger partial charge in [-0.15, -0.1) is 0 Å². The monoisotopic (exact) mass is 352 g/mol. The molecule has 0 saturated carbocycles. The summed E-state index contributed by atoms with van der Waals surface area (Å²) >= 11 is 0. The second-order valence-corrected chi connectivity index (χ2v) is 12.4. The van der Waals surface area contributed by atoms with Crippen molar-refractivity contribution in [1.82, 2.24) is 20.6 Å². The molecule has 1 saturated heterocycles. The lowest BCUT2D eigenvalue weighted by atomic mass is 10.2. The van der Waals surface area contributed by atoms with Crippen LogP contribution in [0.4, 0.5) is 8.78 Å². The number of halogens is 2. The number of aromatic nitrogens is 2. The van der Waals surface area contributed by atoms with Gasteiger partial charge in [0.25, 0.3) is 5.91 Å². The van der Waals surface area contributed by atoms with Crippen molar-refractivity contribution in [3.63, 3.8) is 0 Å². The van der Waals surface area contributed by atoms with Gasteiger partial charge in [0.15, 0.2) is 11.6 Å². The molecule has 24 heavy (non-hydrogen) atoms. The zero-order valence-electron chi connectivity index (χ0n) is 14.1. The van der Waals surface area contributed by atoms with E-state index in [1.165, 1.54) is 19.0 Å². The zero-order chi connectivity index (χ0) is 17.5. The van der Waals surface area contributed by atoms with E-state index in [0.717, 1.165) is 19.0 Å². The number of carbonyl (C=O) groups excluding carboxylic acids is 1. The number of carbonyl (C=O) groups is 1. The quantitative estimate of drug-likeness (QED) is 0.728. The minimum Gasteiger partial charge on any atom is -0.335 e. The minimum atomic E-state index is -1.23. The second-order valence-electron chi connectivity index (χ2n) is 7.23. The van der Waals surface area contributed by atoms with Gasteiger partial charge < -0.3 is 15.6 Å². The summed E-state index contributed by atoms with van der Waals surface area (Å²) in [6, 6.07) is 2.54. The number of H-pyrrole nitrogens is 1. The molecule has 0 radical (unpaired) electrons. The summed E-state index contributed by atoms with van der Waals surface area (Å²) in [7, 11) is -1.23. The molecule has 1 amide bonds. The molecule has 2 aromatic heterocycles. The largest absolute Gasteiger partial charge is 0.335 e. The van der Waals surface area contributed by atoms with Crippen LogP contribution in [0.1, 0.15) is 29.0 Å². The average molecular weight is 352 g/mol. The van der Waals surface area contributed by atoms with Crippen LogP contribution in [0.5, 0.6) is 0 Å². The highest BCUT2D eigenvalue weighted by atomic mass is 28.3. The van der Waals surface area contributed by atoms with Crippen LogP contribution in [-0.4, -0.2) is 36.3 Å². The predicted octanol–water partition coefficient (Wildman–Crippen LogP) is 2.84. The van der Waals surface area contributed by atoms with Crippen LogP contribution in [0.25, 0.3) is 11.0 Å². The van der Waals surface area contributed by atoms with Crippen LogP contribution in [0.3, 0.4) is 0 Å². The molecule has 1 aliphatic heterocycles. The summed E-state index contributed by atoms with van der Waals surface area (Å²) in [6.45, 7) is 6.04. The predicted molar refractivity (Wildman–Crippen MR) is 91.5 cm³/mol. The van der Waals surface area contributed by atoms with Gasteiger partial charge in [0.05, 0.1) is 25.3 Å². The second kappa shape index (κ2) is 6.25. The fourth-order valence-electron chi connectivity index (χ4n) is 3.05. The fourth-order valence-corrected chi connectivity index (χ4v) is 5.19. The van der Waals surface area contributed by atoms with Crippen LogP contribution >= 0.6 is 0 Å². The molecule has 8 heteroatoms. The Morgan fingerprint density at radius 3 is 2.88 bits per heavy atom. The van der Waals surface area contributed by atoms with Gasteiger partial charge in [0.1, 0.15) is 11.3 Å².